The SMILES string of the molecule is [C-]#[N+]c1c(-c2ccc(C)c(S(=O)(=O)O)c2)nsc1N=Nc1ccc(N(CC)CC)cc1Nc1nc(Nc2cc(N(CC)CC)ccc2N=Nc2snc(-c3ccc(C)c(S(=O)(=O)O)c3)c2[N+]#[C-])nc(SCC)n1. The van der Waals surface area contributed by atoms with Crippen LogP contribution in [0.1, 0.15) is 45.7 Å². The molecule has 0 unspecified atom stereocenters. The van der Waals surface area contributed by atoms with E-state index in [1.165, 1.54) is 36.0 Å². The van der Waals surface area contributed by atoms with Gasteiger partial charge in [0, 0.05) is 37.6 Å². The lowest BCUT2D eigenvalue weighted by Crippen LogP contribution is -2.21. The molecule has 4 N–H and O–H groups in total. The Morgan fingerprint density at radius 1 is 0.603 bits per heavy atom. The minimum Gasteiger partial charge on any atom is -0.372 e. The summed E-state index contributed by atoms with van der Waals surface area (Å²) in [4.78, 5) is 25.3. The molecule has 376 valence electrons. The number of azo groups is 2. The number of hydrogen-bond donors (Lipinski definition) is 4. The lowest BCUT2D eigenvalue weighted by molar-refractivity contribution is 0.480. The fourth-order valence-corrected chi connectivity index (χ4v) is 10.8. The number of nitrogens with zero attached hydrogens (tertiary/aromatic N) is 13. The van der Waals surface area contributed by atoms with Crippen molar-refractivity contribution in [2.75, 3.05) is 52.4 Å². The second-order valence-corrected chi connectivity index (χ2v) is 21.1. The average molecular weight is 1080 g/mol. The van der Waals surface area contributed by atoms with Gasteiger partial charge in [0.2, 0.25) is 11.9 Å². The maximum absolute atomic E-state index is 12.1. The third kappa shape index (κ3) is 12.3. The molecule has 0 saturated carbocycles. The van der Waals surface area contributed by atoms with Crippen molar-refractivity contribution >= 4 is 122 Å². The van der Waals surface area contributed by atoms with Crippen molar-refractivity contribution in [1.29, 1.82) is 0 Å². The third-order valence-corrected chi connectivity index (χ3v) is 15.3. The van der Waals surface area contributed by atoms with Gasteiger partial charge in [0.05, 0.1) is 45.7 Å². The van der Waals surface area contributed by atoms with Crippen molar-refractivity contribution in [1.82, 2.24) is 23.7 Å². The first-order valence-electron chi connectivity index (χ1n) is 22.4. The normalized spacial score (nSPS) is 11.8. The number of hydrogen-bond acceptors (Lipinski definition) is 20. The summed E-state index contributed by atoms with van der Waals surface area (Å²) in [7, 11) is -9.08. The van der Waals surface area contributed by atoms with Gasteiger partial charge in [0.1, 0.15) is 11.4 Å². The highest BCUT2D eigenvalue weighted by molar-refractivity contribution is 7.99. The molecule has 0 aliphatic carbocycles. The molecule has 7 rings (SSSR count). The lowest BCUT2D eigenvalue weighted by Gasteiger charge is -2.22. The molecule has 3 heterocycles. The topological polar surface area (TPSA) is 262 Å². The molecule has 0 aliphatic heterocycles. The number of anilines is 6. The van der Waals surface area contributed by atoms with Gasteiger partial charge >= 0.3 is 0 Å². The summed E-state index contributed by atoms with van der Waals surface area (Å²) in [5.41, 5.74) is 5.19. The number of aryl methyl sites for hydroxylation is 2. The van der Waals surface area contributed by atoms with Gasteiger partial charge in [-0.3, -0.25) is 9.11 Å². The zero-order valence-electron chi connectivity index (χ0n) is 40.3. The van der Waals surface area contributed by atoms with Crippen LogP contribution in [0.25, 0.3) is 32.2 Å². The monoisotopic (exact) mass is 1080 g/mol. The van der Waals surface area contributed by atoms with Gasteiger partial charge < -0.3 is 20.4 Å². The van der Waals surface area contributed by atoms with Crippen LogP contribution in [0, 0.1) is 27.0 Å². The van der Waals surface area contributed by atoms with Crippen LogP contribution in [0.5, 0.6) is 0 Å². The molecule has 0 aliphatic rings. The van der Waals surface area contributed by atoms with E-state index in [1.807, 2.05) is 58.9 Å². The van der Waals surface area contributed by atoms with Crippen molar-refractivity contribution in [2.45, 2.75) is 63.4 Å². The summed E-state index contributed by atoms with van der Waals surface area (Å²) in [5.74, 6) is 0.955. The first-order chi connectivity index (χ1) is 34.9. The summed E-state index contributed by atoms with van der Waals surface area (Å²) >= 11 is 3.21. The molecule has 0 radical (unpaired) electrons. The number of benzene rings is 4. The Kier molecular flexibility index (Phi) is 16.9. The van der Waals surface area contributed by atoms with Gasteiger partial charge in [-0.1, -0.05) is 43.0 Å². The van der Waals surface area contributed by atoms with E-state index >= 15 is 0 Å². The summed E-state index contributed by atoms with van der Waals surface area (Å²) in [6.07, 6.45) is 0. The summed E-state index contributed by atoms with van der Waals surface area (Å²) in [6.45, 7) is 32.1. The molecule has 0 bridgehead atoms. The maximum atomic E-state index is 12.1. The van der Waals surface area contributed by atoms with Crippen LogP contribution in [-0.2, 0) is 20.2 Å². The molecule has 0 spiro atoms. The zero-order chi connectivity index (χ0) is 52.6. The van der Waals surface area contributed by atoms with Gasteiger partial charge in [-0.25, -0.2) is 18.4 Å². The van der Waals surface area contributed by atoms with Crippen molar-refractivity contribution in [3.63, 3.8) is 0 Å². The smallest absolute Gasteiger partial charge is 0.294 e. The van der Waals surface area contributed by atoms with E-state index in [-0.39, 0.29) is 54.5 Å². The Hall–Kier alpha value is -7.30. The van der Waals surface area contributed by atoms with Crippen LogP contribution in [0.3, 0.4) is 0 Å². The average Bonchev–Trinajstić information content (AvgIpc) is 3.97. The molecule has 0 saturated heterocycles. The van der Waals surface area contributed by atoms with Crippen LogP contribution < -0.4 is 20.4 Å². The second kappa shape index (κ2) is 23.1. The van der Waals surface area contributed by atoms with Crippen molar-refractivity contribution < 1.29 is 25.9 Å². The van der Waals surface area contributed by atoms with Crippen LogP contribution in [-0.4, -0.2) is 81.6 Å². The van der Waals surface area contributed by atoms with E-state index in [0.29, 0.717) is 82.1 Å². The Morgan fingerprint density at radius 2 is 1.01 bits per heavy atom. The standard InChI is InChI=1S/C47H47N15O6S5/c1-10-61(11-2)31-19-21-33(55-57-43-41(48-8)39(59-70-43)29-17-15-27(6)37(23-29)72(63,64)65)35(25-31)50-45-52-46(54-47(53-45)69-14-5)51-36-26-32(62(12-3)13-4)20-22-34(36)56-58-44-42(49-9)40(60-71-44)30-18-16-28(7)38(24-30)73(66,67)68/h15-26H,10-14H2,1-7H3,(H,63,64,65)(H,66,67,68)(H2,50,51,52,53,54). The molecule has 0 amide bonds. The van der Waals surface area contributed by atoms with E-state index in [0.717, 1.165) is 34.4 Å². The molecular weight excluding hydrogens is 1030 g/mol. The highest BCUT2D eigenvalue weighted by atomic mass is 32.2. The van der Waals surface area contributed by atoms with E-state index in [9.17, 15) is 25.9 Å². The fraction of sp³-hybridized carbons (Fsp3) is 0.255. The molecule has 26 heteroatoms. The molecule has 21 nitrogen and oxygen atoms in total. The van der Waals surface area contributed by atoms with Crippen LogP contribution in [0.2, 0.25) is 0 Å². The lowest BCUT2D eigenvalue weighted by atomic mass is 10.1. The molecule has 4 aromatic carbocycles. The predicted molar refractivity (Wildman–Crippen MR) is 288 cm³/mol. The fourth-order valence-electron chi connectivity index (χ4n) is 7.41. The first-order valence-corrected chi connectivity index (χ1v) is 27.8. The number of thioether (sulfide) groups is 1. The minimum absolute atomic E-state index is 0.0503. The number of nitrogens with one attached hydrogen (secondary N) is 2. The molecule has 7 aromatic rings. The highest BCUT2D eigenvalue weighted by Gasteiger charge is 2.23. The summed E-state index contributed by atoms with van der Waals surface area (Å²) < 4.78 is 76.8. The molecule has 0 fully saturated rings. The summed E-state index contributed by atoms with van der Waals surface area (Å²) in [5, 5.41) is 25.4. The summed E-state index contributed by atoms with van der Waals surface area (Å²) in [6, 6.07) is 20.0. The van der Waals surface area contributed by atoms with E-state index in [2.05, 4.69) is 59.3 Å². The van der Waals surface area contributed by atoms with Crippen LogP contribution in [0.4, 0.5) is 67.4 Å². The Bertz CT molecular complexity index is 3350. The van der Waals surface area contributed by atoms with Gasteiger partial charge in [-0.15, -0.1) is 20.5 Å². The van der Waals surface area contributed by atoms with Gasteiger partial charge in [0.15, 0.2) is 15.2 Å². The van der Waals surface area contributed by atoms with Crippen molar-refractivity contribution in [2.24, 2.45) is 20.5 Å². The Labute approximate surface area is 435 Å². The minimum atomic E-state index is -4.54. The van der Waals surface area contributed by atoms with E-state index in [4.69, 9.17) is 28.1 Å². The number of aromatic nitrogens is 5. The molecule has 0 atom stereocenters. The zero-order valence-corrected chi connectivity index (χ0v) is 44.4. The largest absolute Gasteiger partial charge is 0.372 e. The quantitative estimate of drug-likeness (QED) is 0.0239. The van der Waals surface area contributed by atoms with Crippen molar-refractivity contribution in [3.05, 3.63) is 107 Å². The molecule has 73 heavy (non-hydrogen) atoms. The van der Waals surface area contributed by atoms with E-state index < -0.39 is 20.2 Å². The van der Waals surface area contributed by atoms with Crippen LogP contribution in [0.15, 0.2) is 108 Å². The third-order valence-electron chi connectivity index (χ3n) is 11.1. The highest BCUT2D eigenvalue weighted by Crippen LogP contribution is 2.46. The van der Waals surface area contributed by atoms with Gasteiger partial charge in [0.25, 0.3) is 31.6 Å². The molecular formula is C47H47N15O6S5. The molecule has 3 aromatic heterocycles. The second-order valence-electron chi connectivity index (χ2n) is 15.6. The van der Waals surface area contributed by atoms with Gasteiger partial charge in [-0.05, 0) is 141 Å². The van der Waals surface area contributed by atoms with Crippen molar-refractivity contribution in [3.8, 4) is 22.5 Å². The van der Waals surface area contributed by atoms with Crippen LogP contribution >= 0.6 is 34.8 Å². The number of rotatable bonds is 20. The Morgan fingerprint density at radius 3 is 1.37 bits per heavy atom. The predicted octanol–water partition coefficient (Wildman–Crippen LogP) is 13.5. The first kappa shape index (κ1) is 53.5. The Balaban J connectivity index is 1.26. The van der Waals surface area contributed by atoms with Gasteiger partial charge in [-0.2, -0.15) is 31.8 Å². The van der Waals surface area contributed by atoms with E-state index in [1.54, 1.807) is 38.1 Å². The maximum Gasteiger partial charge on any atom is 0.294 e.